The van der Waals surface area contributed by atoms with Gasteiger partial charge in [0.1, 0.15) is 13.2 Å². The van der Waals surface area contributed by atoms with Crippen molar-refractivity contribution in [3.63, 3.8) is 0 Å². The molecule has 0 aromatic carbocycles. The lowest BCUT2D eigenvalue weighted by molar-refractivity contribution is -0.167. The molecule has 1 atom stereocenters. The Balaban J connectivity index is 4.32. The van der Waals surface area contributed by atoms with Crippen molar-refractivity contribution in [2.75, 3.05) is 13.2 Å². The van der Waals surface area contributed by atoms with Gasteiger partial charge in [-0.15, -0.1) is 0 Å². The maximum atomic E-state index is 12.9. The quantitative estimate of drug-likeness (QED) is 0.0261. The van der Waals surface area contributed by atoms with E-state index in [0.29, 0.717) is 19.3 Å². The lowest BCUT2D eigenvalue weighted by atomic mass is 10.0. The zero-order valence-corrected chi connectivity index (χ0v) is 49.5. The molecule has 432 valence electrons. The second-order valence-electron chi connectivity index (χ2n) is 20.6. The van der Waals surface area contributed by atoms with E-state index in [1.165, 1.54) is 116 Å². The smallest absolute Gasteiger partial charge is 0.306 e. The molecule has 0 saturated heterocycles. The minimum Gasteiger partial charge on any atom is -0.462 e. The van der Waals surface area contributed by atoms with Crippen LogP contribution in [-0.4, -0.2) is 37.2 Å². The Morgan fingerprint density at radius 1 is 0.276 bits per heavy atom. The number of ether oxygens (including phenoxy) is 3. The Morgan fingerprint density at radius 2 is 0.539 bits per heavy atom. The molecule has 0 aliphatic heterocycles. The molecule has 1 unspecified atom stereocenters. The molecular weight excluding hydrogens is 937 g/mol. The molecule has 0 aliphatic carbocycles. The normalized spacial score (nSPS) is 12.9. The van der Waals surface area contributed by atoms with Gasteiger partial charge < -0.3 is 14.2 Å². The van der Waals surface area contributed by atoms with Gasteiger partial charge in [-0.2, -0.15) is 0 Å². The predicted octanol–water partition coefficient (Wildman–Crippen LogP) is 21.6. The summed E-state index contributed by atoms with van der Waals surface area (Å²) in [4.78, 5) is 38.2. The SMILES string of the molecule is CC/C=C\C/C=C\C/C=C\C/C=C\C/C=C\C/C=C\CCCCC(=O)OC(COC(=O)CCCCCCC/C=C\CCC)COC(=O)CCCCCCCCCCCCCC/C=C\C/C=C\C/C=C\CCCCCCC. The Labute approximate surface area is 469 Å². The molecular formula is C70H116O6. The van der Waals surface area contributed by atoms with Gasteiger partial charge in [-0.05, 0) is 128 Å². The summed E-state index contributed by atoms with van der Waals surface area (Å²) in [7, 11) is 0. The molecule has 6 nitrogen and oxygen atoms in total. The third-order valence-electron chi connectivity index (χ3n) is 13.2. The third kappa shape index (κ3) is 60.7. The summed E-state index contributed by atoms with van der Waals surface area (Å²) in [5.41, 5.74) is 0. The molecule has 0 spiro atoms. The molecule has 0 saturated carbocycles. The zero-order valence-electron chi connectivity index (χ0n) is 49.5. The van der Waals surface area contributed by atoms with Crippen LogP contribution in [0.3, 0.4) is 0 Å². The minimum absolute atomic E-state index is 0.101. The molecule has 0 heterocycles. The molecule has 0 aliphatic rings. The van der Waals surface area contributed by atoms with Gasteiger partial charge in [-0.25, -0.2) is 0 Å². The van der Waals surface area contributed by atoms with Crippen molar-refractivity contribution in [2.24, 2.45) is 0 Å². The monoisotopic (exact) mass is 1050 g/mol. The maximum Gasteiger partial charge on any atom is 0.306 e. The fraction of sp³-hybridized carbons (Fsp3) is 0.671. The van der Waals surface area contributed by atoms with Crippen molar-refractivity contribution >= 4 is 17.9 Å². The fourth-order valence-electron chi connectivity index (χ4n) is 8.46. The summed E-state index contributed by atoms with van der Waals surface area (Å²) in [6.07, 6.45) is 87.9. The van der Waals surface area contributed by atoms with Crippen LogP contribution in [0.2, 0.25) is 0 Å². The van der Waals surface area contributed by atoms with Gasteiger partial charge >= 0.3 is 17.9 Å². The molecule has 0 aromatic heterocycles. The van der Waals surface area contributed by atoms with E-state index in [9.17, 15) is 14.4 Å². The first-order valence-corrected chi connectivity index (χ1v) is 31.5. The van der Waals surface area contributed by atoms with Gasteiger partial charge in [-0.3, -0.25) is 14.4 Å². The van der Waals surface area contributed by atoms with Crippen LogP contribution in [0, 0.1) is 0 Å². The van der Waals surface area contributed by atoms with Crippen LogP contribution < -0.4 is 0 Å². The topological polar surface area (TPSA) is 78.9 Å². The summed E-state index contributed by atoms with van der Waals surface area (Å²) in [6, 6.07) is 0. The number of hydrogen-bond donors (Lipinski definition) is 0. The lowest BCUT2D eigenvalue weighted by Gasteiger charge is -2.18. The Kier molecular flexibility index (Phi) is 59.9. The molecule has 0 N–H and O–H groups in total. The number of carbonyl (C=O) groups excluding carboxylic acids is 3. The summed E-state index contributed by atoms with van der Waals surface area (Å²) >= 11 is 0. The number of carbonyl (C=O) groups is 3. The summed E-state index contributed by atoms with van der Waals surface area (Å²) < 4.78 is 16.8. The van der Waals surface area contributed by atoms with Crippen molar-refractivity contribution in [3.8, 4) is 0 Å². The van der Waals surface area contributed by atoms with Crippen LogP contribution in [0.4, 0.5) is 0 Å². The van der Waals surface area contributed by atoms with Gasteiger partial charge in [0.25, 0.3) is 0 Å². The largest absolute Gasteiger partial charge is 0.462 e. The lowest BCUT2D eigenvalue weighted by Crippen LogP contribution is -2.30. The van der Waals surface area contributed by atoms with Gasteiger partial charge in [0.15, 0.2) is 6.10 Å². The van der Waals surface area contributed by atoms with Crippen LogP contribution in [0.5, 0.6) is 0 Å². The van der Waals surface area contributed by atoms with Crippen molar-refractivity contribution in [1.29, 1.82) is 0 Å². The summed E-state index contributed by atoms with van der Waals surface area (Å²) in [5.74, 6) is -0.957. The van der Waals surface area contributed by atoms with Crippen LogP contribution in [-0.2, 0) is 28.6 Å². The average molecular weight is 1050 g/mol. The standard InChI is InChI=1S/C70H116O6/c1-4-7-10-13-16-19-22-24-26-28-30-32-33-34-35-36-37-39-40-42-44-46-48-51-54-57-60-63-69(72)75-66-67(65-74-68(71)62-59-56-53-50-21-18-15-12-9-6-3)76-70(73)64-61-58-55-52-49-47-45-43-41-38-31-29-27-25-23-20-17-14-11-8-5-2/h8,11-12,15,17,20,22,24-25,27-28,30-31,33-34,38,43,45,49,52,67H,4-7,9-10,13-14,16,18-19,21,23,26,29,32,35-37,39-42,44,46-48,50-51,53-66H2,1-3H3/b11-8-,15-12-,20-17-,24-22-,27-25-,30-28-,34-33-,38-31-,45-43-,52-49-. The van der Waals surface area contributed by atoms with E-state index in [0.717, 1.165) is 122 Å². The van der Waals surface area contributed by atoms with Crippen LogP contribution in [0.1, 0.15) is 284 Å². The third-order valence-corrected chi connectivity index (χ3v) is 13.2. The highest BCUT2D eigenvalue weighted by atomic mass is 16.6. The molecule has 0 rings (SSSR count). The van der Waals surface area contributed by atoms with E-state index in [4.69, 9.17) is 14.2 Å². The number of allylic oxidation sites excluding steroid dienone is 20. The van der Waals surface area contributed by atoms with Crippen molar-refractivity contribution in [3.05, 3.63) is 122 Å². The first-order chi connectivity index (χ1) is 37.5. The van der Waals surface area contributed by atoms with Crippen molar-refractivity contribution in [2.45, 2.75) is 290 Å². The fourth-order valence-corrected chi connectivity index (χ4v) is 8.46. The first-order valence-electron chi connectivity index (χ1n) is 31.5. The molecule has 0 amide bonds. The first kappa shape index (κ1) is 71.8. The molecule has 0 fully saturated rings. The molecule has 0 aromatic rings. The highest BCUT2D eigenvalue weighted by Crippen LogP contribution is 2.15. The molecule has 0 bridgehead atoms. The highest BCUT2D eigenvalue weighted by molar-refractivity contribution is 5.71. The van der Waals surface area contributed by atoms with E-state index >= 15 is 0 Å². The molecule has 76 heavy (non-hydrogen) atoms. The second kappa shape index (κ2) is 63.3. The molecule has 6 heteroatoms. The number of hydrogen-bond acceptors (Lipinski definition) is 6. The summed E-state index contributed by atoms with van der Waals surface area (Å²) in [6.45, 7) is 6.41. The minimum atomic E-state index is -0.809. The maximum absolute atomic E-state index is 12.9. The van der Waals surface area contributed by atoms with E-state index in [2.05, 4.69) is 142 Å². The van der Waals surface area contributed by atoms with Crippen molar-refractivity contribution in [1.82, 2.24) is 0 Å². The van der Waals surface area contributed by atoms with Gasteiger partial charge in [0.2, 0.25) is 0 Å². The molecule has 0 radical (unpaired) electrons. The Bertz CT molecular complexity index is 1590. The number of unbranched alkanes of at least 4 members (excludes halogenated alkanes) is 25. The van der Waals surface area contributed by atoms with E-state index < -0.39 is 6.10 Å². The average Bonchev–Trinajstić information content (AvgIpc) is 3.42. The highest BCUT2D eigenvalue weighted by Gasteiger charge is 2.19. The Morgan fingerprint density at radius 3 is 0.895 bits per heavy atom. The van der Waals surface area contributed by atoms with Crippen LogP contribution in [0.25, 0.3) is 0 Å². The summed E-state index contributed by atoms with van der Waals surface area (Å²) in [5, 5.41) is 0. The van der Waals surface area contributed by atoms with E-state index in [-0.39, 0.29) is 37.5 Å². The van der Waals surface area contributed by atoms with E-state index in [1.807, 2.05) is 0 Å². The predicted molar refractivity (Wildman–Crippen MR) is 330 cm³/mol. The van der Waals surface area contributed by atoms with Crippen molar-refractivity contribution < 1.29 is 28.6 Å². The zero-order chi connectivity index (χ0) is 55.0. The van der Waals surface area contributed by atoms with Crippen LogP contribution >= 0.6 is 0 Å². The Hall–Kier alpha value is -4.19. The van der Waals surface area contributed by atoms with Gasteiger partial charge in [-0.1, -0.05) is 258 Å². The van der Waals surface area contributed by atoms with E-state index in [1.54, 1.807) is 0 Å². The van der Waals surface area contributed by atoms with Gasteiger partial charge in [0, 0.05) is 19.3 Å². The van der Waals surface area contributed by atoms with Crippen LogP contribution in [0.15, 0.2) is 122 Å². The number of rotatable bonds is 56. The number of esters is 3. The second-order valence-corrected chi connectivity index (χ2v) is 20.6. The van der Waals surface area contributed by atoms with Gasteiger partial charge in [0.05, 0.1) is 0 Å².